The quantitative estimate of drug-likeness (QED) is 0.0555. The third-order valence-electron chi connectivity index (χ3n) is 13.2. The van der Waals surface area contributed by atoms with Crippen LogP contribution in [0, 0.1) is 11.2 Å². The molecule has 9 heteroatoms. The van der Waals surface area contributed by atoms with Crippen molar-refractivity contribution in [3.8, 4) is 0 Å². The molecule has 3 heterocycles. The first-order chi connectivity index (χ1) is 29.5. The monoisotopic (exact) mass is 834 g/mol. The van der Waals surface area contributed by atoms with E-state index in [0.29, 0.717) is 11.6 Å². The summed E-state index contributed by atoms with van der Waals surface area (Å²) in [6, 6.07) is 13.8. The van der Waals surface area contributed by atoms with Crippen molar-refractivity contribution >= 4 is 22.7 Å². The van der Waals surface area contributed by atoms with E-state index in [0.717, 1.165) is 137 Å². The second-order valence-electron chi connectivity index (χ2n) is 17.5. The molecule has 3 N–H and O–H groups in total. The van der Waals surface area contributed by atoms with Crippen LogP contribution in [0.1, 0.15) is 126 Å². The number of likely N-dealkylation sites (N-methyl/N-ethyl adjacent to an activating group) is 1. The van der Waals surface area contributed by atoms with Crippen molar-refractivity contribution in [2.45, 2.75) is 116 Å². The molecule has 0 saturated carbocycles. The Morgan fingerprint density at radius 1 is 0.934 bits per heavy atom. The molecule has 3 aliphatic rings. The number of allylic oxidation sites excluding steroid dienone is 5. The molecule has 61 heavy (non-hydrogen) atoms. The maximum atomic E-state index is 15.1. The molecule has 3 aliphatic heterocycles. The van der Waals surface area contributed by atoms with E-state index in [1.54, 1.807) is 12.1 Å². The van der Waals surface area contributed by atoms with Crippen LogP contribution in [0.2, 0.25) is 0 Å². The molecule has 2 fully saturated rings. The largest absolute Gasteiger partial charge is 0.395 e. The second-order valence-corrected chi connectivity index (χ2v) is 17.5. The number of nitrogens with one attached hydrogen (secondary N) is 2. The molecular formula is C52H76FN7O. The number of rotatable bonds is 24. The molecule has 0 aromatic heterocycles. The van der Waals surface area contributed by atoms with Crippen LogP contribution in [0.3, 0.4) is 0 Å². The van der Waals surface area contributed by atoms with Gasteiger partial charge in [0.2, 0.25) is 0 Å². The number of benzene rings is 2. The van der Waals surface area contributed by atoms with Crippen LogP contribution in [-0.2, 0) is 6.54 Å². The molecule has 2 aromatic rings. The molecule has 2 aromatic carbocycles. The summed E-state index contributed by atoms with van der Waals surface area (Å²) in [6.45, 7) is 27.5. The number of hydrogen-bond acceptors (Lipinski definition) is 8. The fourth-order valence-electron chi connectivity index (χ4n) is 9.66. The van der Waals surface area contributed by atoms with Gasteiger partial charge in [-0.2, -0.15) is 0 Å². The van der Waals surface area contributed by atoms with Crippen molar-refractivity contribution in [2.24, 2.45) is 4.99 Å². The van der Waals surface area contributed by atoms with Crippen LogP contribution in [0.5, 0.6) is 0 Å². The number of piperazine rings is 1. The van der Waals surface area contributed by atoms with Crippen molar-refractivity contribution in [3.05, 3.63) is 120 Å². The van der Waals surface area contributed by atoms with Crippen molar-refractivity contribution in [3.63, 3.8) is 0 Å². The minimum absolute atomic E-state index is 0.0883. The van der Waals surface area contributed by atoms with E-state index in [1.165, 1.54) is 55.3 Å². The van der Waals surface area contributed by atoms with Gasteiger partial charge in [0.05, 0.1) is 12.6 Å². The smallest absolute Gasteiger partial charge is 0.124 e. The maximum Gasteiger partial charge on any atom is 0.124 e. The molecular weight excluding hydrogens is 758 g/mol. The summed E-state index contributed by atoms with van der Waals surface area (Å²) in [5.74, 6) is 0.214. The summed E-state index contributed by atoms with van der Waals surface area (Å²) in [7, 11) is 1.92. The van der Waals surface area contributed by atoms with Crippen LogP contribution in [-0.4, -0.2) is 108 Å². The summed E-state index contributed by atoms with van der Waals surface area (Å²) in [4.78, 5) is 14.9. The van der Waals surface area contributed by atoms with E-state index in [2.05, 4.69) is 69.8 Å². The Bertz CT molecular complexity index is 1870. The van der Waals surface area contributed by atoms with Crippen LogP contribution in [0.25, 0.3) is 11.3 Å². The molecule has 1 atom stereocenters. The summed E-state index contributed by atoms with van der Waals surface area (Å²) in [5, 5.41) is 21.2. The highest BCUT2D eigenvalue weighted by Crippen LogP contribution is 2.42. The minimum Gasteiger partial charge on any atom is -0.395 e. The predicted octanol–water partition coefficient (Wildman–Crippen LogP) is 10.4. The zero-order valence-electron chi connectivity index (χ0n) is 38.1. The van der Waals surface area contributed by atoms with Gasteiger partial charge in [0, 0.05) is 91.7 Å². The van der Waals surface area contributed by atoms with Crippen LogP contribution < -0.4 is 5.32 Å². The van der Waals surface area contributed by atoms with Gasteiger partial charge in [-0.3, -0.25) is 9.89 Å². The second kappa shape index (κ2) is 24.4. The molecule has 2 saturated heterocycles. The standard InChI is InChI=1S/C52H76FN7O/c1-8-9-23-51(41(4)55-7)60-38-50-48(43(60)6)36-46(53)37-49(50)44-24-27-57(28-25-44)26-19-14-12-10-11-13-18-22-47(35-39(2)59-31-29-58(30-32-59)33-34-61)56-42(5)52(40(3)54)45-20-16-15-17-21-45/h8,15-17,20-21,35-37,44,51,54-55,61H,1,4,6,9-14,18-19,22-34,38H2,2-3,5,7H3/b39-35+,52-42-,54-40?,56-47-. The van der Waals surface area contributed by atoms with E-state index >= 15 is 4.39 Å². The Hall–Kier alpha value is -4.31. The first-order valence-electron chi connectivity index (χ1n) is 23.2. The highest BCUT2D eigenvalue weighted by Gasteiger charge is 2.34. The average Bonchev–Trinajstić information content (AvgIpc) is 3.58. The van der Waals surface area contributed by atoms with Gasteiger partial charge in [-0.25, -0.2) is 4.39 Å². The molecule has 0 bridgehead atoms. The van der Waals surface area contributed by atoms with Crippen molar-refractivity contribution < 1.29 is 9.50 Å². The van der Waals surface area contributed by atoms with E-state index in [-0.39, 0.29) is 18.5 Å². The summed E-state index contributed by atoms with van der Waals surface area (Å²) >= 11 is 0. The molecule has 8 nitrogen and oxygen atoms in total. The summed E-state index contributed by atoms with van der Waals surface area (Å²) in [6.07, 6.45) is 17.6. The number of hydrogen-bond donors (Lipinski definition) is 3. The van der Waals surface area contributed by atoms with E-state index in [9.17, 15) is 5.11 Å². The lowest BCUT2D eigenvalue weighted by Gasteiger charge is -2.36. The molecule has 0 amide bonds. The molecule has 332 valence electrons. The average molecular weight is 834 g/mol. The first-order valence-corrected chi connectivity index (χ1v) is 23.2. The Morgan fingerprint density at radius 2 is 1.59 bits per heavy atom. The summed E-state index contributed by atoms with van der Waals surface area (Å²) in [5.41, 5.74) is 10.9. The number of unbranched alkanes of at least 4 members (excludes halogenated alkanes) is 6. The predicted molar refractivity (Wildman–Crippen MR) is 256 cm³/mol. The van der Waals surface area contributed by atoms with E-state index < -0.39 is 0 Å². The SMILES string of the molecule is C=CCCC(C(=C)NC)N1Cc2c(cc(F)cc2C2CCN(CCCCCCCCCC(/C=C(\C)N3CCN(CCO)CC3)=N/C(C)=C(/C(C)=N)c3ccccc3)CC2)C1=C. The minimum atomic E-state index is -0.158. The van der Waals surface area contributed by atoms with Crippen molar-refractivity contribution in [1.82, 2.24) is 24.9 Å². The highest BCUT2D eigenvalue weighted by molar-refractivity contribution is 6.22. The number of likely N-dealkylation sites (tertiary alicyclic amines) is 1. The lowest BCUT2D eigenvalue weighted by molar-refractivity contribution is 0.132. The molecule has 5 rings (SSSR count). The summed E-state index contributed by atoms with van der Waals surface area (Å²) < 4.78 is 15.1. The third-order valence-corrected chi connectivity index (χ3v) is 13.2. The Morgan fingerprint density at radius 3 is 2.23 bits per heavy atom. The number of aliphatic hydroxyl groups is 1. The van der Waals surface area contributed by atoms with Crippen molar-refractivity contribution in [2.75, 3.05) is 66.0 Å². The molecule has 1 unspecified atom stereocenters. The third kappa shape index (κ3) is 13.6. The van der Waals surface area contributed by atoms with E-state index in [4.69, 9.17) is 10.4 Å². The van der Waals surface area contributed by atoms with Gasteiger partial charge in [-0.1, -0.05) is 81.7 Å². The number of β-amino-alcohol motifs (C(OH)–C–C–N with tert-alkyl or cyclic N) is 1. The molecule has 0 spiro atoms. The number of piperidine rings is 1. The molecule has 0 radical (unpaired) electrons. The van der Waals surface area contributed by atoms with Crippen molar-refractivity contribution in [1.29, 1.82) is 5.41 Å². The van der Waals surface area contributed by atoms with Gasteiger partial charge in [0.1, 0.15) is 5.82 Å². The normalized spacial score (nSPS) is 18.0. The van der Waals surface area contributed by atoms with Gasteiger partial charge in [-0.05, 0) is 126 Å². The zero-order chi connectivity index (χ0) is 43.7. The topological polar surface area (TPSA) is 81.4 Å². The van der Waals surface area contributed by atoms with E-state index in [1.807, 2.05) is 45.2 Å². The number of aliphatic hydroxyl groups excluding tert-OH is 1. The zero-order valence-corrected chi connectivity index (χ0v) is 38.1. The number of halogens is 1. The van der Waals surface area contributed by atoms with Crippen LogP contribution >= 0.6 is 0 Å². The van der Waals surface area contributed by atoms with Crippen LogP contribution in [0.4, 0.5) is 4.39 Å². The maximum absolute atomic E-state index is 15.1. The van der Waals surface area contributed by atoms with Gasteiger partial charge in [0.25, 0.3) is 0 Å². The Labute approximate surface area is 368 Å². The van der Waals surface area contributed by atoms with Gasteiger partial charge >= 0.3 is 0 Å². The Kier molecular flexibility index (Phi) is 19.1. The van der Waals surface area contributed by atoms with Crippen LogP contribution in [0.15, 0.2) is 96.4 Å². The van der Waals surface area contributed by atoms with Gasteiger partial charge in [0.15, 0.2) is 0 Å². The number of fused-ring (bicyclic) bond motifs is 1. The fraction of sp³-hybridized carbons (Fsp3) is 0.538. The number of nitrogens with zero attached hydrogens (tertiary/aromatic N) is 5. The van der Waals surface area contributed by atoms with Gasteiger partial charge in [-0.15, -0.1) is 6.58 Å². The first kappa shape index (κ1) is 47.7. The molecule has 0 aliphatic carbocycles. The Balaban J connectivity index is 1.06. The number of aliphatic imine (C=N–C) groups is 1. The highest BCUT2D eigenvalue weighted by atomic mass is 19.1. The fourth-order valence-corrected chi connectivity index (χ4v) is 9.66. The lowest BCUT2D eigenvalue weighted by atomic mass is 9.85. The lowest BCUT2D eigenvalue weighted by Crippen LogP contribution is -2.46. The van der Waals surface area contributed by atoms with Gasteiger partial charge < -0.3 is 30.5 Å².